The van der Waals surface area contributed by atoms with Crippen LogP contribution in [0.3, 0.4) is 0 Å². The van der Waals surface area contributed by atoms with Gasteiger partial charge in [0.2, 0.25) is 10.0 Å². The molecule has 7 nitrogen and oxygen atoms in total. The highest BCUT2D eigenvalue weighted by Gasteiger charge is 2.26. The number of ether oxygens (including phenoxy) is 2. The molecular formula is C22H27ClN2O5S. The van der Waals surface area contributed by atoms with Gasteiger partial charge in [0.1, 0.15) is 0 Å². The summed E-state index contributed by atoms with van der Waals surface area (Å²) in [6, 6.07) is 13.0. The van der Waals surface area contributed by atoms with Crippen LogP contribution in [0.15, 0.2) is 53.4 Å². The molecule has 2 aromatic rings. The molecule has 0 bridgehead atoms. The predicted molar refractivity (Wildman–Crippen MR) is 119 cm³/mol. The first kappa shape index (κ1) is 23.7. The first-order valence-electron chi connectivity index (χ1n) is 10.2. The van der Waals surface area contributed by atoms with E-state index in [1.807, 2.05) is 0 Å². The van der Waals surface area contributed by atoms with Crippen LogP contribution in [0.1, 0.15) is 22.8 Å². The van der Waals surface area contributed by atoms with Crippen LogP contribution in [0.25, 0.3) is 0 Å². The number of hydrogen-bond donors (Lipinski definition) is 0. The molecule has 0 aliphatic carbocycles. The minimum Gasteiger partial charge on any atom is -0.462 e. The second-order valence-electron chi connectivity index (χ2n) is 7.16. The van der Waals surface area contributed by atoms with Crippen molar-refractivity contribution in [1.29, 1.82) is 0 Å². The smallest absolute Gasteiger partial charge is 0.338 e. The van der Waals surface area contributed by atoms with Crippen molar-refractivity contribution in [2.45, 2.75) is 18.4 Å². The molecule has 1 heterocycles. The Balaban J connectivity index is 1.79. The largest absolute Gasteiger partial charge is 0.462 e. The third kappa shape index (κ3) is 6.51. The van der Waals surface area contributed by atoms with Crippen molar-refractivity contribution in [3.8, 4) is 0 Å². The van der Waals surface area contributed by atoms with Gasteiger partial charge in [0, 0.05) is 37.7 Å². The SMILES string of the molecule is CCOC(=O)c1ccc(CN(CCN2CCOCC2)S(=O)(=O)c2ccc(Cl)cc2)cc1. The number of carbonyl (C=O) groups excluding carboxylic acids is 1. The van der Waals surface area contributed by atoms with E-state index in [0.29, 0.717) is 43.5 Å². The fourth-order valence-corrected chi connectivity index (χ4v) is 4.83. The molecule has 0 unspecified atom stereocenters. The van der Waals surface area contributed by atoms with Gasteiger partial charge in [0.05, 0.1) is 30.3 Å². The van der Waals surface area contributed by atoms with Gasteiger partial charge in [-0.1, -0.05) is 23.7 Å². The minimum absolute atomic E-state index is 0.193. The van der Waals surface area contributed by atoms with Crippen LogP contribution in [0.4, 0.5) is 0 Å². The molecule has 31 heavy (non-hydrogen) atoms. The molecule has 1 aliphatic heterocycles. The summed E-state index contributed by atoms with van der Waals surface area (Å²) in [5.41, 5.74) is 1.22. The van der Waals surface area contributed by atoms with Crippen LogP contribution < -0.4 is 0 Å². The quantitative estimate of drug-likeness (QED) is 0.529. The lowest BCUT2D eigenvalue weighted by molar-refractivity contribution is 0.0361. The Kier molecular flexibility index (Phi) is 8.45. The van der Waals surface area contributed by atoms with E-state index in [9.17, 15) is 13.2 Å². The molecule has 9 heteroatoms. The standard InChI is InChI=1S/C22H27ClN2O5S/c1-2-30-22(26)19-5-3-18(4-6-19)17-25(12-11-24-13-15-29-16-14-24)31(27,28)21-9-7-20(23)8-10-21/h3-10H,2,11-17H2,1H3. The van der Waals surface area contributed by atoms with Crippen molar-refractivity contribution >= 4 is 27.6 Å². The summed E-state index contributed by atoms with van der Waals surface area (Å²) < 4.78 is 38.5. The minimum atomic E-state index is -3.73. The number of nitrogens with zero attached hydrogens (tertiary/aromatic N) is 2. The number of sulfonamides is 1. The second kappa shape index (κ2) is 11.1. The van der Waals surface area contributed by atoms with Crippen molar-refractivity contribution < 1.29 is 22.7 Å². The summed E-state index contributed by atoms with van der Waals surface area (Å²) in [5, 5.41) is 0.480. The van der Waals surface area contributed by atoms with E-state index in [0.717, 1.165) is 18.7 Å². The van der Waals surface area contributed by atoms with Gasteiger partial charge in [-0.2, -0.15) is 4.31 Å². The topological polar surface area (TPSA) is 76.2 Å². The van der Waals surface area contributed by atoms with Gasteiger partial charge in [0.15, 0.2) is 0 Å². The zero-order chi connectivity index (χ0) is 22.3. The molecule has 0 N–H and O–H groups in total. The average molecular weight is 467 g/mol. The van der Waals surface area contributed by atoms with E-state index >= 15 is 0 Å². The monoisotopic (exact) mass is 466 g/mol. The maximum Gasteiger partial charge on any atom is 0.338 e. The van der Waals surface area contributed by atoms with Gasteiger partial charge in [-0.15, -0.1) is 0 Å². The maximum absolute atomic E-state index is 13.3. The zero-order valence-corrected chi connectivity index (χ0v) is 19.1. The number of hydrogen-bond acceptors (Lipinski definition) is 6. The van der Waals surface area contributed by atoms with Crippen LogP contribution in [0.2, 0.25) is 5.02 Å². The van der Waals surface area contributed by atoms with Crippen LogP contribution in [0, 0.1) is 0 Å². The van der Waals surface area contributed by atoms with E-state index in [2.05, 4.69) is 4.90 Å². The van der Waals surface area contributed by atoms with Gasteiger partial charge in [-0.25, -0.2) is 13.2 Å². The van der Waals surface area contributed by atoms with Gasteiger partial charge < -0.3 is 9.47 Å². The summed E-state index contributed by atoms with van der Waals surface area (Å²) in [4.78, 5) is 14.3. The number of carbonyl (C=O) groups is 1. The highest BCUT2D eigenvalue weighted by Crippen LogP contribution is 2.21. The molecular weight excluding hydrogens is 440 g/mol. The number of morpholine rings is 1. The summed E-state index contributed by atoms with van der Waals surface area (Å²) in [6.07, 6.45) is 0. The van der Waals surface area contributed by atoms with Gasteiger partial charge >= 0.3 is 5.97 Å². The Bertz CT molecular complexity index is 958. The van der Waals surface area contributed by atoms with E-state index in [1.165, 1.54) is 16.4 Å². The molecule has 0 saturated carbocycles. The van der Waals surface area contributed by atoms with E-state index in [4.69, 9.17) is 21.1 Å². The number of halogens is 1. The van der Waals surface area contributed by atoms with Gasteiger partial charge in [0.25, 0.3) is 0 Å². The highest BCUT2D eigenvalue weighted by molar-refractivity contribution is 7.89. The van der Waals surface area contributed by atoms with E-state index in [1.54, 1.807) is 43.3 Å². The van der Waals surface area contributed by atoms with E-state index in [-0.39, 0.29) is 11.4 Å². The van der Waals surface area contributed by atoms with Crippen molar-refractivity contribution in [3.05, 3.63) is 64.7 Å². The summed E-state index contributed by atoms with van der Waals surface area (Å²) in [6.45, 7) is 6.06. The van der Waals surface area contributed by atoms with Crippen LogP contribution in [0.5, 0.6) is 0 Å². The van der Waals surface area contributed by atoms with Crippen LogP contribution in [-0.4, -0.2) is 69.6 Å². The normalized spacial score (nSPS) is 15.2. The number of esters is 1. The zero-order valence-electron chi connectivity index (χ0n) is 17.5. The Morgan fingerprint density at radius 3 is 2.35 bits per heavy atom. The second-order valence-corrected chi connectivity index (χ2v) is 9.54. The molecule has 168 valence electrons. The molecule has 0 spiro atoms. The highest BCUT2D eigenvalue weighted by atomic mass is 35.5. The Morgan fingerprint density at radius 2 is 1.74 bits per heavy atom. The number of rotatable bonds is 9. The van der Waals surface area contributed by atoms with Crippen molar-refractivity contribution in [1.82, 2.24) is 9.21 Å². The molecule has 1 fully saturated rings. The van der Waals surface area contributed by atoms with Crippen LogP contribution in [-0.2, 0) is 26.0 Å². The fraction of sp³-hybridized carbons (Fsp3) is 0.409. The van der Waals surface area contributed by atoms with Gasteiger partial charge in [-0.05, 0) is 48.9 Å². The summed E-state index contributed by atoms with van der Waals surface area (Å²) >= 11 is 5.93. The maximum atomic E-state index is 13.3. The lowest BCUT2D eigenvalue weighted by atomic mass is 10.1. The summed E-state index contributed by atoms with van der Waals surface area (Å²) in [7, 11) is -3.73. The summed E-state index contributed by atoms with van der Waals surface area (Å²) in [5.74, 6) is -0.396. The molecule has 0 aromatic heterocycles. The van der Waals surface area contributed by atoms with Gasteiger partial charge in [-0.3, -0.25) is 4.90 Å². The fourth-order valence-electron chi connectivity index (χ4n) is 3.28. The first-order valence-corrected chi connectivity index (χ1v) is 12.0. The molecule has 0 radical (unpaired) electrons. The first-order chi connectivity index (χ1) is 14.9. The Labute approximate surface area is 188 Å². The third-order valence-corrected chi connectivity index (χ3v) is 7.16. The molecule has 1 aliphatic rings. The predicted octanol–water partition coefficient (Wildman–Crippen LogP) is 3.04. The Morgan fingerprint density at radius 1 is 1.10 bits per heavy atom. The van der Waals surface area contributed by atoms with Crippen LogP contribution >= 0.6 is 11.6 Å². The number of benzene rings is 2. The van der Waals surface area contributed by atoms with Crippen molar-refractivity contribution in [2.24, 2.45) is 0 Å². The molecule has 1 saturated heterocycles. The molecule has 0 atom stereocenters. The van der Waals surface area contributed by atoms with Crippen molar-refractivity contribution in [3.63, 3.8) is 0 Å². The third-order valence-electron chi connectivity index (χ3n) is 5.04. The van der Waals surface area contributed by atoms with Crippen molar-refractivity contribution in [2.75, 3.05) is 46.0 Å². The average Bonchev–Trinajstić information content (AvgIpc) is 2.78. The molecule has 0 amide bonds. The lowest BCUT2D eigenvalue weighted by Gasteiger charge is -2.29. The molecule has 3 rings (SSSR count). The van der Waals surface area contributed by atoms with E-state index < -0.39 is 16.0 Å². The Hall–Kier alpha value is -1.97. The lowest BCUT2D eigenvalue weighted by Crippen LogP contribution is -2.42. The molecule has 2 aromatic carbocycles.